The molecule has 0 bridgehead atoms. The lowest BCUT2D eigenvalue weighted by Crippen LogP contribution is -2.21. The Kier molecular flexibility index (Phi) is 4.69. The van der Waals surface area contributed by atoms with Crippen LogP contribution < -0.4 is 5.73 Å². The predicted molar refractivity (Wildman–Crippen MR) is 59.8 cm³/mol. The maximum Gasteiger partial charge on any atom is 0.0732 e. The molecule has 0 unspecified atom stereocenters. The molecular formula is C10H13Cl2NO. The van der Waals surface area contributed by atoms with Crippen LogP contribution in [-0.2, 0) is 11.3 Å². The average Bonchev–Trinajstić information content (AvgIpc) is 2.10. The van der Waals surface area contributed by atoms with Crippen LogP contribution in [0.3, 0.4) is 0 Å². The summed E-state index contributed by atoms with van der Waals surface area (Å²) in [6.45, 7) is 2.85. The van der Waals surface area contributed by atoms with Gasteiger partial charge in [0, 0.05) is 16.1 Å². The molecule has 0 saturated heterocycles. The molecule has 0 aromatic heterocycles. The van der Waals surface area contributed by atoms with Crippen molar-refractivity contribution in [3.05, 3.63) is 33.8 Å². The second-order valence-electron chi connectivity index (χ2n) is 3.23. The minimum Gasteiger partial charge on any atom is -0.375 e. The fraction of sp³-hybridized carbons (Fsp3) is 0.400. The third kappa shape index (κ3) is 3.84. The summed E-state index contributed by atoms with van der Waals surface area (Å²) in [6, 6.07) is 5.34. The molecule has 0 heterocycles. The second-order valence-corrected chi connectivity index (χ2v) is 4.07. The van der Waals surface area contributed by atoms with Gasteiger partial charge in [0.2, 0.25) is 0 Å². The van der Waals surface area contributed by atoms with Gasteiger partial charge < -0.3 is 10.5 Å². The third-order valence-electron chi connectivity index (χ3n) is 1.65. The van der Waals surface area contributed by atoms with E-state index in [-0.39, 0.29) is 6.04 Å². The molecule has 0 aliphatic carbocycles. The van der Waals surface area contributed by atoms with Gasteiger partial charge in [-0.15, -0.1) is 0 Å². The number of nitrogens with two attached hydrogens (primary N) is 1. The molecule has 0 amide bonds. The quantitative estimate of drug-likeness (QED) is 0.869. The first-order valence-electron chi connectivity index (χ1n) is 4.37. The van der Waals surface area contributed by atoms with Crippen molar-refractivity contribution < 1.29 is 4.74 Å². The van der Waals surface area contributed by atoms with Crippen LogP contribution >= 0.6 is 23.2 Å². The Hall–Kier alpha value is -0.280. The van der Waals surface area contributed by atoms with Crippen molar-refractivity contribution >= 4 is 23.2 Å². The van der Waals surface area contributed by atoms with Crippen molar-refractivity contribution in [1.29, 1.82) is 0 Å². The van der Waals surface area contributed by atoms with E-state index in [1.807, 2.05) is 6.92 Å². The zero-order valence-corrected chi connectivity index (χ0v) is 9.48. The van der Waals surface area contributed by atoms with Crippen molar-refractivity contribution in [2.24, 2.45) is 5.73 Å². The molecule has 0 fully saturated rings. The monoisotopic (exact) mass is 233 g/mol. The average molecular weight is 234 g/mol. The first kappa shape index (κ1) is 11.8. The van der Waals surface area contributed by atoms with E-state index in [9.17, 15) is 0 Å². The van der Waals surface area contributed by atoms with Gasteiger partial charge in [-0.1, -0.05) is 23.2 Å². The summed E-state index contributed by atoms with van der Waals surface area (Å²) in [5, 5.41) is 1.33. The number of ether oxygens (including phenoxy) is 1. The zero-order chi connectivity index (χ0) is 10.6. The van der Waals surface area contributed by atoms with E-state index in [0.717, 1.165) is 5.56 Å². The molecular weight excluding hydrogens is 221 g/mol. The highest BCUT2D eigenvalue weighted by molar-refractivity contribution is 6.33. The van der Waals surface area contributed by atoms with Crippen LogP contribution in [0.4, 0.5) is 0 Å². The number of hydrogen-bond acceptors (Lipinski definition) is 2. The Morgan fingerprint density at radius 1 is 1.43 bits per heavy atom. The van der Waals surface area contributed by atoms with Gasteiger partial charge >= 0.3 is 0 Å². The number of rotatable bonds is 4. The van der Waals surface area contributed by atoms with Gasteiger partial charge in [-0.25, -0.2) is 0 Å². The topological polar surface area (TPSA) is 35.2 Å². The van der Waals surface area contributed by atoms with Crippen molar-refractivity contribution in [3.8, 4) is 0 Å². The van der Waals surface area contributed by atoms with Gasteiger partial charge in [0.25, 0.3) is 0 Å². The molecule has 1 atom stereocenters. The maximum atomic E-state index is 5.94. The molecule has 0 saturated carbocycles. The van der Waals surface area contributed by atoms with E-state index in [4.69, 9.17) is 33.7 Å². The molecule has 1 rings (SSSR count). The van der Waals surface area contributed by atoms with Gasteiger partial charge in [-0.05, 0) is 30.7 Å². The smallest absolute Gasteiger partial charge is 0.0732 e. The minimum absolute atomic E-state index is 0.0351. The summed E-state index contributed by atoms with van der Waals surface area (Å²) in [5.41, 5.74) is 6.43. The van der Waals surface area contributed by atoms with Gasteiger partial charge in [0.05, 0.1) is 13.2 Å². The molecule has 0 aliphatic rings. The lowest BCUT2D eigenvalue weighted by molar-refractivity contribution is 0.111. The summed E-state index contributed by atoms with van der Waals surface area (Å²) < 4.78 is 5.35. The minimum atomic E-state index is 0.0351. The van der Waals surface area contributed by atoms with Gasteiger partial charge in [-0.2, -0.15) is 0 Å². The molecule has 78 valence electrons. The van der Waals surface area contributed by atoms with Crippen LogP contribution in [0.2, 0.25) is 10.0 Å². The Balaban J connectivity index is 2.53. The highest BCUT2D eigenvalue weighted by Gasteiger charge is 2.02. The van der Waals surface area contributed by atoms with E-state index >= 15 is 0 Å². The Morgan fingerprint density at radius 2 is 2.14 bits per heavy atom. The van der Waals surface area contributed by atoms with E-state index < -0.39 is 0 Å². The van der Waals surface area contributed by atoms with Crippen LogP contribution in [0.1, 0.15) is 12.5 Å². The molecule has 2 N–H and O–H groups in total. The standard InChI is InChI=1S/C10H13Cl2NO/c1-7(13)5-14-6-8-4-9(11)2-3-10(8)12/h2-4,7H,5-6,13H2,1H3/t7-/m0/s1. The highest BCUT2D eigenvalue weighted by Crippen LogP contribution is 2.21. The Labute approximate surface area is 94.0 Å². The SMILES string of the molecule is C[C@H](N)COCc1cc(Cl)ccc1Cl. The van der Waals surface area contributed by atoms with Crippen LogP contribution in [-0.4, -0.2) is 12.6 Å². The van der Waals surface area contributed by atoms with Gasteiger partial charge in [0.1, 0.15) is 0 Å². The van der Waals surface area contributed by atoms with Crippen molar-refractivity contribution in [1.82, 2.24) is 0 Å². The normalized spacial score (nSPS) is 12.9. The zero-order valence-electron chi connectivity index (χ0n) is 7.97. The molecule has 0 aliphatic heterocycles. The number of benzene rings is 1. The molecule has 2 nitrogen and oxygen atoms in total. The van der Waals surface area contributed by atoms with Crippen molar-refractivity contribution in [2.75, 3.05) is 6.61 Å². The van der Waals surface area contributed by atoms with Crippen LogP contribution in [0.5, 0.6) is 0 Å². The largest absolute Gasteiger partial charge is 0.375 e. The number of hydrogen-bond donors (Lipinski definition) is 1. The van der Waals surface area contributed by atoms with Crippen molar-refractivity contribution in [2.45, 2.75) is 19.6 Å². The molecule has 1 aromatic rings. The lowest BCUT2D eigenvalue weighted by atomic mass is 10.2. The van der Waals surface area contributed by atoms with Crippen LogP contribution in [0.15, 0.2) is 18.2 Å². The van der Waals surface area contributed by atoms with E-state index in [1.165, 1.54) is 0 Å². The van der Waals surface area contributed by atoms with Gasteiger partial charge in [0.15, 0.2) is 0 Å². The predicted octanol–water partition coefficient (Wildman–Crippen LogP) is 2.86. The Bertz CT molecular complexity index is 302. The molecule has 0 spiro atoms. The second kappa shape index (κ2) is 5.56. The molecule has 4 heteroatoms. The first-order valence-corrected chi connectivity index (χ1v) is 5.12. The third-order valence-corrected chi connectivity index (χ3v) is 2.25. The highest BCUT2D eigenvalue weighted by atomic mass is 35.5. The molecule has 1 aromatic carbocycles. The molecule has 0 radical (unpaired) electrons. The maximum absolute atomic E-state index is 5.94. The summed E-state index contributed by atoms with van der Waals surface area (Å²) in [6.07, 6.45) is 0. The summed E-state index contributed by atoms with van der Waals surface area (Å²) in [7, 11) is 0. The fourth-order valence-corrected chi connectivity index (χ4v) is 1.38. The van der Waals surface area contributed by atoms with Crippen LogP contribution in [0.25, 0.3) is 0 Å². The number of halogens is 2. The first-order chi connectivity index (χ1) is 6.59. The van der Waals surface area contributed by atoms with Crippen LogP contribution in [0, 0.1) is 0 Å². The van der Waals surface area contributed by atoms with Gasteiger partial charge in [-0.3, -0.25) is 0 Å². The molecule has 14 heavy (non-hydrogen) atoms. The summed E-state index contributed by atoms with van der Waals surface area (Å²) >= 11 is 11.8. The van der Waals surface area contributed by atoms with E-state index in [2.05, 4.69) is 0 Å². The summed E-state index contributed by atoms with van der Waals surface area (Å²) in [4.78, 5) is 0. The fourth-order valence-electron chi connectivity index (χ4n) is 1.01. The lowest BCUT2D eigenvalue weighted by Gasteiger charge is -2.08. The Morgan fingerprint density at radius 3 is 2.79 bits per heavy atom. The summed E-state index contributed by atoms with van der Waals surface area (Å²) in [5.74, 6) is 0. The van der Waals surface area contributed by atoms with E-state index in [0.29, 0.717) is 23.3 Å². The van der Waals surface area contributed by atoms with E-state index in [1.54, 1.807) is 18.2 Å². The van der Waals surface area contributed by atoms with Crippen molar-refractivity contribution in [3.63, 3.8) is 0 Å².